The monoisotopic (exact) mass is 292 g/mol. The van der Waals surface area contributed by atoms with Crippen LogP contribution in [0.25, 0.3) is 5.57 Å². The molecule has 92 valence electrons. The first-order chi connectivity index (χ1) is 8.33. The maximum Gasteiger partial charge on any atom is 0.0587 e. The number of alkyl halides is 1. The molecule has 17 heavy (non-hydrogen) atoms. The predicted molar refractivity (Wildman–Crippen MR) is 79.5 cm³/mol. The Bertz CT molecular complexity index is 392. The van der Waals surface area contributed by atoms with Crippen LogP contribution in [0.2, 0.25) is 0 Å². The Hall–Kier alpha value is -0.560. The van der Waals surface area contributed by atoms with E-state index in [1.807, 2.05) is 0 Å². The minimum atomic E-state index is 0.435. The van der Waals surface area contributed by atoms with Gasteiger partial charge in [-0.15, -0.1) is 0 Å². The van der Waals surface area contributed by atoms with Crippen molar-refractivity contribution in [1.29, 1.82) is 0 Å². The molecule has 2 rings (SSSR count). The number of allylic oxidation sites excluding steroid dienone is 2. The minimum Gasteiger partial charge on any atom is -0.0793 e. The highest BCUT2D eigenvalue weighted by atomic mass is 79.9. The summed E-state index contributed by atoms with van der Waals surface area (Å²) in [6.45, 7) is 2.27. The lowest BCUT2D eigenvalue weighted by molar-refractivity contribution is 0.640. The van der Waals surface area contributed by atoms with Gasteiger partial charge in [0.2, 0.25) is 0 Å². The van der Waals surface area contributed by atoms with E-state index < -0.39 is 0 Å². The van der Waals surface area contributed by atoms with Gasteiger partial charge < -0.3 is 0 Å². The topological polar surface area (TPSA) is 0 Å². The number of fused-ring (bicyclic) bond motifs is 1. The summed E-state index contributed by atoms with van der Waals surface area (Å²) in [6.07, 6.45) is 10.4. The molecule has 1 aliphatic rings. The number of benzene rings is 1. The molecule has 0 aliphatic heterocycles. The van der Waals surface area contributed by atoms with Gasteiger partial charge in [0, 0.05) is 0 Å². The van der Waals surface area contributed by atoms with Crippen molar-refractivity contribution in [2.24, 2.45) is 0 Å². The van der Waals surface area contributed by atoms with Crippen LogP contribution in [-0.4, -0.2) is 0 Å². The molecule has 0 saturated carbocycles. The molecular formula is C16H21Br. The van der Waals surface area contributed by atoms with Gasteiger partial charge in [-0.25, -0.2) is 0 Å². The van der Waals surface area contributed by atoms with Gasteiger partial charge in [-0.1, -0.05) is 78.9 Å². The molecule has 0 bridgehead atoms. The van der Waals surface area contributed by atoms with Crippen molar-refractivity contribution in [1.82, 2.24) is 0 Å². The Morgan fingerprint density at radius 3 is 2.65 bits per heavy atom. The fraction of sp³-hybridized carbons (Fsp3) is 0.500. The molecule has 0 saturated heterocycles. The van der Waals surface area contributed by atoms with Crippen molar-refractivity contribution in [3.63, 3.8) is 0 Å². The SMILES string of the molecule is CCCCCCCC1=CC(Br)c2ccccc21. The van der Waals surface area contributed by atoms with Gasteiger partial charge in [-0.05, 0) is 29.5 Å². The van der Waals surface area contributed by atoms with E-state index in [9.17, 15) is 0 Å². The summed E-state index contributed by atoms with van der Waals surface area (Å²) in [4.78, 5) is 0.435. The Morgan fingerprint density at radius 1 is 1.06 bits per heavy atom. The standard InChI is InChI=1S/C16H21Br/c1-2-3-4-5-6-9-13-12-16(17)15-11-8-7-10-14(13)15/h7-8,10-12,16H,2-6,9H2,1H3. The molecular weight excluding hydrogens is 272 g/mol. The quantitative estimate of drug-likeness (QED) is 0.454. The van der Waals surface area contributed by atoms with Crippen LogP contribution in [0.1, 0.15) is 61.4 Å². The lowest BCUT2D eigenvalue weighted by Crippen LogP contribution is -1.85. The van der Waals surface area contributed by atoms with Crippen molar-refractivity contribution in [3.8, 4) is 0 Å². The third-order valence-corrected chi connectivity index (χ3v) is 4.26. The van der Waals surface area contributed by atoms with E-state index in [0.717, 1.165) is 0 Å². The van der Waals surface area contributed by atoms with Crippen molar-refractivity contribution >= 4 is 21.5 Å². The van der Waals surface area contributed by atoms with Gasteiger partial charge in [0.1, 0.15) is 0 Å². The summed E-state index contributed by atoms with van der Waals surface area (Å²) >= 11 is 3.73. The highest BCUT2D eigenvalue weighted by Crippen LogP contribution is 2.41. The normalized spacial score (nSPS) is 18.0. The van der Waals surface area contributed by atoms with Gasteiger partial charge in [0.25, 0.3) is 0 Å². The molecule has 0 amide bonds. The summed E-state index contributed by atoms with van der Waals surface area (Å²) in [6, 6.07) is 8.77. The first-order valence-electron chi connectivity index (χ1n) is 6.77. The van der Waals surface area contributed by atoms with E-state index in [1.54, 1.807) is 5.57 Å². The molecule has 1 unspecified atom stereocenters. The fourth-order valence-electron chi connectivity index (χ4n) is 2.52. The number of hydrogen-bond acceptors (Lipinski definition) is 0. The molecule has 0 heterocycles. The summed E-state index contributed by atoms with van der Waals surface area (Å²) < 4.78 is 0. The Labute approximate surface area is 113 Å². The van der Waals surface area contributed by atoms with E-state index in [1.165, 1.54) is 49.7 Å². The molecule has 0 aromatic heterocycles. The minimum absolute atomic E-state index is 0.435. The maximum atomic E-state index is 3.73. The van der Waals surface area contributed by atoms with Crippen LogP contribution >= 0.6 is 15.9 Å². The van der Waals surface area contributed by atoms with Crippen LogP contribution in [0.4, 0.5) is 0 Å². The average molecular weight is 293 g/mol. The van der Waals surface area contributed by atoms with E-state index in [0.29, 0.717) is 4.83 Å². The summed E-state index contributed by atoms with van der Waals surface area (Å²) in [5.74, 6) is 0. The molecule has 1 heteroatoms. The van der Waals surface area contributed by atoms with Gasteiger partial charge in [-0.2, -0.15) is 0 Å². The van der Waals surface area contributed by atoms with Crippen LogP contribution in [0.3, 0.4) is 0 Å². The van der Waals surface area contributed by atoms with Crippen molar-refractivity contribution in [3.05, 3.63) is 41.5 Å². The van der Waals surface area contributed by atoms with Crippen molar-refractivity contribution < 1.29 is 0 Å². The highest BCUT2D eigenvalue weighted by Gasteiger charge is 2.19. The van der Waals surface area contributed by atoms with Gasteiger partial charge >= 0.3 is 0 Å². The number of unbranched alkanes of at least 4 members (excludes halogenated alkanes) is 4. The average Bonchev–Trinajstić information content (AvgIpc) is 2.67. The predicted octanol–water partition coefficient (Wildman–Crippen LogP) is 5.88. The first kappa shape index (κ1) is 12.9. The van der Waals surface area contributed by atoms with Crippen molar-refractivity contribution in [2.45, 2.75) is 50.3 Å². The first-order valence-corrected chi connectivity index (χ1v) is 7.68. The summed E-state index contributed by atoms with van der Waals surface area (Å²) in [7, 11) is 0. The van der Waals surface area contributed by atoms with Crippen LogP contribution in [-0.2, 0) is 0 Å². The van der Waals surface area contributed by atoms with Gasteiger partial charge in [0.05, 0.1) is 4.83 Å². The smallest absolute Gasteiger partial charge is 0.0587 e. The molecule has 1 aromatic carbocycles. The molecule has 1 atom stereocenters. The van der Waals surface area contributed by atoms with Crippen LogP contribution in [0, 0.1) is 0 Å². The fourth-order valence-corrected chi connectivity index (χ4v) is 3.24. The van der Waals surface area contributed by atoms with E-state index in [2.05, 4.69) is 53.2 Å². The highest BCUT2D eigenvalue weighted by molar-refractivity contribution is 9.09. The molecule has 0 spiro atoms. The third-order valence-electron chi connectivity index (χ3n) is 3.50. The summed E-state index contributed by atoms with van der Waals surface area (Å²) in [5.41, 5.74) is 4.44. The number of halogens is 1. The molecule has 1 aromatic rings. The van der Waals surface area contributed by atoms with E-state index >= 15 is 0 Å². The zero-order valence-corrected chi connectivity index (χ0v) is 12.2. The molecule has 0 nitrogen and oxygen atoms in total. The lowest BCUT2D eigenvalue weighted by atomic mass is 10.0. The van der Waals surface area contributed by atoms with Crippen molar-refractivity contribution in [2.75, 3.05) is 0 Å². The number of hydrogen-bond donors (Lipinski definition) is 0. The lowest BCUT2D eigenvalue weighted by Gasteiger charge is -2.05. The van der Waals surface area contributed by atoms with Crippen LogP contribution in [0.15, 0.2) is 30.3 Å². The second-order valence-corrected chi connectivity index (χ2v) is 5.83. The van der Waals surface area contributed by atoms with E-state index in [4.69, 9.17) is 0 Å². The van der Waals surface area contributed by atoms with Crippen LogP contribution in [0.5, 0.6) is 0 Å². The Balaban J connectivity index is 1.88. The largest absolute Gasteiger partial charge is 0.0793 e. The van der Waals surface area contributed by atoms with Gasteiger partial charge in [0.15, 0.2) is 0 Å². The molecule has 1 aliphatic carbocycles. The second-order valence-electron chi connectivity index (χ2n) is 4.85. The Morgan fingerprint density at radius 2 is 1.82 bits per heavy atom. The maximum absolute atomic E-state index is 3.73. The second kappa shape index (κ2) is 6.39. The molecule has 0 N–H and O–H groups in total. The van der Waals surface area contributed by atoms with E-state index in [-0.39, 0.29) is 0 Å². The van der Waals surface area contributed by atoms with Crippen LogP contribution < -0.4 is 0 Å². The third kappa shape index (κ3) is 3.22. The zero-order chi connectivity index (χ0) is 12.1. The molecule has 0 radical (unpaired) electrons. The van der Waals surface area contributed by atoms with Gasteiger partial charge in [-0.3, -0.25) is 0 Å². The summed E-state index contributed by atoms with van der Waals surface area (Å²) in [5, 5.41) is 0. The zero-order valence-electron chi connectivity index (χ0n) is 10.6. The molecule has 0 fully saturated rings. The Kier molecular flexibility index (Phi) is 4.85. The number of rotatable bonds is 6.